The number of phosphoric acid groups is 2. The Labute approximate surface area is 588 Å². The second-order valence-electron chi connectivity index (χ2n) is 27.7. The molecule has 570 valence electrons. The molecule has 0 saturated heterocycles. The van der Waals surface area contributed by atoms with Crippen LogP contribution in [0.15, 0.2) is 0 Å². The minimum Gasteiger partial charge on any atom is -0.462 e. The van der Waals surface area contributed by atoms with E-state index in [1.165, 1.54) is 218 Å². The van der Waals surface area contributed by atoms with Gasteiger partial charge in [-0.3, -0.25) is 37.3 Å². The highest BCUT2D eigenvalue weighted by molar-refractivity contribution is 7.47. The Hall–Kier alpha value is -1.94. The number of phosphoric ester groups is 2. The molecule has 0 bridgehead atoms. The Bertz CT molecular complexity index is 1830. The van der Waals surface area contributed by atoms with E-state index < -0.39 is 97.5 Å². The molecule has 0 aromatic rings. The summed E-state index contributed by atoms with van der Waals surface area (Å²) in [6.07, 6.45) is 63.1. The zero-order valence-corrected chi connectivity index (χ0v) is 64.1. The van der Waals surface area contributed by atoms with E-state index in [0.717, 1.165) is 116 Å². The van der Waals surface area contributed by atoms with Crippen molar-refractivity contribution in [3.8, 4) is 0 Å². The summed E-state index contributed by atoms with van der Waals surface area (Å²) < 4.78 is 68.2. The van der Waals surface area contributed by atoms with Crippen molar-refractivity contribution in [1.82, 2.24) is 0 Å². The fraction of sp³-hybridized carbons (Fsp3) is 0.948. The molecule has 3 N–H and O–H groups in total. The van der Waals surface area contributed by atoms with Crippen LogP contribution in [0.25, 0.3) is 0 Å². The quantitative estimate of drug-likeness (QED) is 0.0222. The van der Waals surface area contributed by atoms with Crippen LogP contribution in [-0.2, 0) is 65.4 Å². The number of carbonyl (C=O) groups excluding carboxylic acids is 4. The van der Waals surface area contributed by atoms with Crippen molar-refractivity contribution in [2.75, 3.05) is 39.6 Å². The Morgan fingerprint density at radius 1 is 0.250 bits per heavy atom. The zero-order valence-electron chi connectivity index (χ0n) is 62.4. The van der Waals surface area contributed by atoms with Gasteiger partial charge in [0.05, 0.1) is 26.4 Å². The maximum absolute atomic E-state index is 13.1. The molecule has 0 aromatic carbocycles. The van der Waals surface area contributed by atoms with Crippen molar-refractivity contribution in [2.45, 2.75) is 431 Å². The summed E-state index contributed by atoms with van der Waals surface area (Å²) in [5, 5.41) is 10.6. The van der Waals surface area contributed by atoms with Crippen molar-refractivity contribution in [3.63, 3.8) is 0 Å². The molecule has 0 fully saturated rings. The average Bonchev–Trinajstić information content (AvgIpc) is 1.19. The number of unbranched alkanes of at least 4 members (excludes halogenated alkanes) is 52. The summed E-state index contributed by atoms with van der Waals surface area (Å²) in [5.74, 6) is -2.12. The SMILES string of the molecule is CCCCCCCCCCCCCCCCCCCCCCCC(=O)OC[C@H](COP(=O)(O)OC[C@@H](O)COP(=O)(O)OC[C@@H](COC(=O)CCCCCCCCC)OC(=O)CCCCCCCCC)OC(=O)CCCCCCCCCCCCCCCCCCCCCCC. The third kappa shape index (κ3) is 70.5. The summed E-state index contributed by atoms with van der Waals surface area (Å²) in [6, 6.07) is 0. The standard InChI is InChI=1S/C77H150O17P2/c1-5-9-13-17-21-23-25-27-29-31-33-35-37-39-41-43-45-47-51-54-58-62-75(80)88-68-73(94-77(82)64-60-56-52-48-46-44-42-40-38-36-34-32-30-28-26-24-22-18-14-10-6-2)70-92-96(85,86)90-66-71(78)65-89-95(83,84)91-69-72(93-76(81)63-59-55-50-20-16-12-8-4)67-87-74(79)61-57-53-49-19-15-11-7-3/h71-73,78H,5-70H2,1-4H3,(H,83,84)(H,85,86)/t71-,72+,73+/m0/s1. The van der Waals surface area contributed by atoms with Crippen molar-refractivity contribution in [2.24, 2.45) is 0 Å². The van der Waals surface area contributed by atoms with Gasteiger partial charge in [0.2, 0.25) is 0 Å². The van der Waals surface area contributed by atoms with E-state index in [4.69, 9.17) is 37.0 Å². The molecule has 0 heterocycles. The molecule has 19 heteroatoms. The molecule has 0 amide bonds. The van der Waals surface area contributed by atoms with Crippen LogP contribution in [0.1, 0.15) is 413 Å². The van der Waals surface area contributed by atoms with Crippen LogP contribution in [0.2, 0.25) is 0 Å². The van der Waals surface area contributed by atoms with Gasteiger partial charge in [-0.1, -0.05) is 362 Å². The van der Waals surface area contributed by atoms with Crippen molar-refractivity contribution < 1.29 is 80.2 Å². The van der Waals surface area contributed by atoms with Crippen LogP contribution in [0.5, 0.6) is 0 Å². The van der Waals surface area contributed by atoms with E-state index >= 15 is 0 Å². The third-order valence-corrected chi connectivity index (χ3v) is 20.0. The molecule has 96 heavy (non-hydrogen) atoms. The molecule has 5 atom stereocenters. The molecule has 0 aliphatic carbocycles. The molecular formula is C77H150O17P2. The number of aliphatic hydroxyl groups is 1. The van der Waals surface area contributed by atoms with Crippen molar-refractivity contribution >= 4 is 39.5 Å². The second kappa shape index (κ2) is 71.5. The first-order chi connectivity index (χ1) is 46.7. The smallest absolute Gasteiger partial charge is 0.462 e. The molecule has 0 aromatic heterocycles. The zero-order chi connectivity index (χ0) is 70.4. The Morgan fingerprint density at radius 3 is 0.615 bits per heavy atom. The molecule has 0 radical (unpaired) electrons. The summed E-state index contributed by atoms with van der Waals surface area (Å²) >= 11 is 0. The summed E-state index contributed by atoms with van der Waals surface area (Å²) in [7, 11) is -9.89. The lowest BCUT2D eigenvalue weighted by molar-refractivity contribution is -0.161. The molecule has 17 nitrogen and oxygen atoms in total. The van der Waals surface area contributed by atoms with Crippen LogP contribution >= 0.6 is 15.6 Å². The first kappa shape index (κ1) is 94.1. The van der Waals surface area contributed by atoms with E-state index in [-0.39, 0.29) is 25.7 Å². The van der Waals surface area contributed by atoms with E-state index in [9.17, 15) is 43.2 Å². The number of rotatable bonds is 78. The number of hydrogen-bond acceptors (Lipinski definition) is 15. The Morgan fingerprint density at radius 2 is 0.417 bits per heavy atom. The molecule has 0 saturated carbocycles. The predicted molar refractivity (Wildman–Crippen MR) is 391 cm³/mol. The summed E-state index contributed by atoms with van der Waals surface area (Å²) in [6.45, 7) is 4.89. The van der Waals surface area contributed by atoms with E-state index in [1.807, 2.05) is 0 Å². The van der Waals surface area contributed by atoms with Gasteiger partial charge >= 0.3 is 39.5 Å². The minimum atomic E-state index is -4.95. The first-order valence-corrected chi connectivity index (χ1v) is 43.3. The lowest BCUT2D eigenvalue weighted by Crippen LogP contribution is -2.30. The molecule has 0 rings (SSSR count). The van der Waals surface area contributed by atoms with Gasteiger partial charge in [0.15, 0.2) is 12.2 Å². The highest BCUT2D eigenvalue weighted by Crippen LogP contribution is 2.45. The largest absolute Gasteiger partial charge is 0.472 e. The molecule has 0 aliphatic rings. The number of esters is 4. The van der Waals surface area contributed by atoms with Gasteiger partial charge in [-0.2, -0.15) is 0 Å². The Kier molecular flexibility index (Phi) is 70.0. The van der Waals surface area contributed by atoms with Crippen molar-refractivity contribution in [1.29, 1.82) is 0 Å². The highest BCUT2D eigenvalue weighted by Gasteiger charge is 2.30. The van der Waals surface area contributed by atoms with Crippen LogP contribution in [0, 0.1) is 0 Å². The van der Waals surface area contributed by atoms with E-state index in [1.54, 1.807) is 0 Å². The van der Waals surface area contributed by atoms with Gasteiger partial charge in [-0.15, -0.1) is 0 Å². The Balaban J connectivity index is 5.08. The summed E-state index contributed by atoms with van der Waals surface area (Å²) in [4.78, 5) is 72.5. The van der Waals surface area contributed by atoms with E-state index in [0.29, 0.717) is 25.7 Å². The number of ether oxygens (including phenoxy) is 4. The van der Waals surface area contributed by atoms with Gasteiger partial charge in [0.1, 0.15) is 19.3 Å². The number of aliphatic hydroxyl groups excluding tert-OH is 1. The van der Waals surface area contributed by atoms with Gasteiger partial charge in [-0.05, 0) is 25.7 Å². The normalized spacial score (nSPS) is 13.9. The maximum atomic E-state index is 13.1. The lowest BCUT2D eigenvalue weighted by Gasteiger charge is -2.21. The number of carbonyl (C=O) groups is 4. The fourth-order valence-electron chi connectivity index (χ4n) is 11.9. The van der Waals surface area contributed by atoms with Gasteiger partial charge in [-0.25, -0.2) is 9.13 Å². The summed E-state index contributed by atoms with van der Waals surface area (Å²) in [5.41, 5.74) is 0. The van der Waals surface area contributed by atoms with Gasteiger partial charge in [0.25, 0.3) is 0 Å². The fourth-order valence-corrected chi connectivity index (χ4v) is 13.5. The highest BCUT2D eigenvalue weighted by atomic mass is 31.2. The second-order valence-corrected chi connectivity index (χ2v) is 30.7. The molecular weight excluding hydrogens is 1260 g/mol. The maximum Gasteiger partial charge on any atom is 0.472 e. The van der Waals surface area contributed by atoms with Crippen molar-refractivity contribution in [3.05, 3.63) is 0 Å². The molecule has 0 aliphatic heterocycles. The van der Waals surface area contributed by atoms with Crippen LogP contribution in [-0.4, -0.2) is 96.7 Å². The third-order valence-electron chi connectivity index (χ3n) is 18.1. The van der Waals surface area contributed by atoms with E-state index in [2.05, 4.69) is 27.7 Å². The van der Waals surface area contributed by atoms with Gasteiger partial charge in [0, 0.05) is 25.7 Å². The number of hydrogen-bond donors (Lipinski definition) is 3. The first-order valence-electron chi connectivity index (χ1n) is 40.3. The minimum absolute atomic E-state index is 0.104. The van der Waals surface area contributed by atoms with Crippen LogP contribution in [0.3, 0.4) is 0 Å². The van der Waals surface area contributed by atoms with Crippen LogP contribution in [0.4, 0.5) is 0 Å². The average molecular weight is 1410 g/mol. The molecule has 0 spiro atoms. The lowest BCUT2D eigenvalue weighted by atomic mass is 10.0. The molecule has 2 unspecified atom stereocenters. The van der Waals surface area contributed by atoms with Gasteiger partial charge < -0.3 is 33.8 Å². The topological polar surface area (TPSA) is 237 Å². The monoisotopic (exact) mass is 1410 g/mol. The predicted octanol–water partition coefficient (Wildman–Crippen LogP) is 23.0. The van der Waals surface area contributed by atoms with Crippen LogP contribution < -0.4 is 0 Å².